The summed E-state index contributed by atoms with van der Waals surface area (Å²) in [5, 5.41) is 3.53. The molecule has 0 heterocycles. The zero-order chi connectivity index (χ0) is 14.2. The van der Waals surface area contributed by atoms with Crippen LogP contribution in [0.5, 0.6) is 0 Å². The maximum atomic E-state index is 3.53. The molecule has 0 amide bonds. The van der Waals surface area contributed by atoms with E-state index in [-0.39, 0.29) is 0 Å². The summed E-state index contributed by atoms with van der Waals surface area (Å²) in [5.74, 6) is 0. The second-order valence-electron chi connectivity index (χ2n) is 5.83. The van der Waals surface area contributed by atoms with Crippen LogP contribution in [-0.4, -0.2) is 38.1 Å². The van der Waals surface area contributed by atoms with Crippen LogP contribution >= 0.6 is 0 Å². The van der Waals surface area contributed by atoms with Gasteiger partial charge in [0.15, 0.2) is 0 Å². The molecule has 0 fully saturated rings. The molecule has 0 aliphatic carbocycles. The highest BCUT2D eigenvalue weighted by atomic mass is 15.1. The Balaban J connectivity index is 2.95. The van der Waals surface area contributed by atoms with Gasteiger partial charge in [-0.05, 0) is 26.6 Å². The van der Waals surface area contributed by atoms with Crippen molar-refractivity contribution in [1.29, 1.82) is 0 Å². The standard InChI is InChI=1S/C17H38N2/c1-4-6-7-8-9-10-11-12-13-14-15-18-16-17-19(3)5-2/h18H,4-17H2,1-3H3. The lowest BCUT2D eigenvalue weighted by Gasteiger charge is -2.13. The first-order valence-corrected chi connectivity index (χ1v) is 8.70. The molecular weight excluding hydrogens is 232 g/mol. The van der Waals surface area contributed by atoms with E-state index < -0.39 is 0 Å². The van der Waals surface area contributed by atoms with Crippen LogP contribution in [0.25, 0.3) is 0 Å². The Hall–Kier alpha value is -0.0800. The summed E-state index contributed by atoms with van der Waals surface area (Å²) in [5.41, 5.74) is 0. The second-order valence-corrected chi connectivity index (χ2v) is 5.83. The fourth-order valence-electron chi connectivity index (χ4n) is 2.29. The summed E-state index contributed by atoms with van der Waals surface area (Å²) < 4.78 is 0. The van der Waals surface area contributed by atoms with Gasteiger partial charge in [-0.2, -0.15) is 0 Å². The number of hydrogen-bond donors (Lipinski definition) is 1. The highest BCUT2D eigenvalue weighted by molar-refractivity contribution is 4.54. The molecule has 116 valence electrons. The Morgan fingerprint density at radius 3 is 1.74 bits per heavy atom. The fourth-order valence-corrected chi connectivity index (χ4v) is 2.29. The summed E-state index contributed by atoms with van der Waals surface area (Å²) in [6.45, 7) is 9.17. The zero-order valence-corrected chi connectivity index (χ0v) is 13.8. The third-order valence-corrected chi connectivity index (χ3v) is 3.92. The summed E-state index contributed by atoms with van der Waals surface area (Å²) in [6.07, 6.45) is 14.3. The molecule has 0 rings (SSSR count). The van der Waals surface area contributed by atoms with Gasteiger partial charge in [0.2, 0.25) is 0 Å². The first-order valence-electron chi connectivity index (χ1n) is 8.70. The van der Waals surface area contributed by atoms with Gasteiger partial charge in [0.1, 0.15) is 0 Å². The number of hydrogen-bond acceptors (Lipinski definition) is 2. The van der Waals surface area contributed by atoms with Gasteiger partial charge in [-0.15, -0.1) is 0 Å². The topological polar surface area (TPSA) is 15.3 Å². The lowest BCUT2D eigenvalue weighted by Crippen LogP contribution is -2.29. The van der Waals surface area contributed by atoms with Crippen molar-refractivity contribution in [1.82, 2.24) is 10.2 Å². The van der Waals surface area contributed by atoms with Crippen LogP contribution in [0.1, 0.15) is 78.1 Å². The predicted octanol–water partition coefficient (Wildman–Crippen LogP) is 4.45. The molecule has 0 radical (unpaired) electrons. The summed E-state index contributed by atoms with van der Waals surface area (Å²) in [4.78, 5) is 2.35. The molecule has 0 unspecified atom stereocenters. The molecule has 1 N–H and O–H groups in total. The lowest BCUT2D eigenvalue weighted by molar-refractivity contribution is 0.348. The molecule has 0 saturated heterocycles. The summed E-state index contributed by atoms with van der Waals surface area (Å²) in [6, 6.07) is 0. The smallest absolute Gasteiger partial charge is 0.0104 e. The minimum atomic E-state index is 1.14. The van der Waals surface area contributed by atoms with Gasteiger partial charge in [-0.3, -0.25) is 0 Å². The van der Waals surface area contributed by atoms with Gasteiger partial charge in [-0.25, -0.2) is 0 Å². The molecule has 2 heteroatoms. The maximum Gasteiger partial charge on any atom is 0.0104 e. The predicted molar refractivity (Wildman–Crippen MR) is 87.9 cm³/mol. The molecule has 0 spiro atoms. The Bertz CT molecular complexity index is 159. The van der Waals surface area contributed by atoms with Crippen molar-refractivity contribution < 1.29 is 0 Å². The van der Waals surface area contributed by atoms with E-state index in [1.807, 2.05) is 0 Å². The van der Waals surface area contributed by atoms with Crippen LogP contribution in [0.15, 0.2) is 0 Å². The quantitative estimate of drug-likeness (QED) is 0.442. The van der Waals surface area contributed by atoms with Crippen LogP contribution in [0.2, 0.25) is 0 Å². The molecule has 0 aromatic heterocycles. The third kappa shape index (κ3) is 15.9. The zero-order valence-electron chi connectivity index (χ0n) is 13.8. The van der Waals surface area contributed by atoms with Crippen molar-refractivity contribution >= 4 is 0 Å². The van der Waals surface area contributed by atoms with Gasteiger partial charge in [0.05, 0.1) is 0 Å². The highest BCUT2D eigenvalue weighted by Gasteiger charge is 1.94. The largest absolute Gasteiger partial charge is 0.315 e. The van der Waals surface area contributed by atoms with E-state index in [0.29, 0.717) is 0 Å². The Labute approximate surface area is 122 Å². The first-order chi connectivity index (χ1) is 9.31. The van der Waals surface area contributed by atoms with Gasteiger partial charge < -0.3 is 10.2 Å². The molecule has 0 aliphatic heterocycles. The molecular formula is C17H38N2. The van der Waals surface area contributed by atoms with E-state index >= 15 is 0 Å². The van der Waals surface area contributed by atoms with Crippen molar-refractivity contribution in [2.75, 3.05) is 33.2 Å². The van der Waals surface area contributed by atoms with Crippen molar-refractivity contribution in [3.63, 3.8) is 0 Å². The van der Waals surface area contributed by atoms with Crippen LogP contribution in [-0.2, 0) is 0 Å². The maximum absolute atomic E-state index is 3.53. The number of likely N-dealkylation sites (N-methyl/N-ethyl adjacent to an activating group) is 1. The van der Waals surface area contributed by atoms with Gasteiger partial charge >= 0.3 is 0 Å². The molecule has 0 atom stereocenters. The molecule has 19 heavy (non-hydrogen) atoms. The SMILES string of the molecule is CCCCCCCCCCCCNCCN(C)CC. The van der Waals surface area contributed by atoms with E-state index in [0.717, 1.165) is 13.1 Å². The normalized spacial score (nSPS) is 11.4. The first kappa shape index (κ1) is 18.9. The minimum Gasteiger partial charge on any atom is -0.315 e. The van der Waals surface area contributed by atoms with Crippen LogP contribution in [0.4, 0.5) is 0 Å². The van der Waals surface area contributed by atoms with Gasteiger partial charge in [0, 0.05) is 13.1 Å². The Morgan fingerprint density at radius 2 is 1.21 bits per heavy atom. The summed E-state index contributed by atoms with van der Waals surface area (Å²) >= 11 is 0. The average molecular weight is 271 g/mol. The lowest BCUT2D eigenvalue weighted by atomic mass is 10.1. The number of unbranched alkanes of at least 4 members (excludes halogenated alkanes) is 9. The fraction of sp³-hybridized carbons (Fsp3) is 1.00. The van der Waals surface area contributed by atoms with Gasteiger partial charge in [0.25, 0.3) is 0 Å². The van der Waals surface area contributed by atoms with Crippen LogP contribution in [0, 0.1) is 0 Å². The van der Waals surface area contributed by atoms with E-state index in [4.69, 9.17) is 0 Å². The molecule has 0 aromatic rings. The van der Waals surface area contributed by atoms with E-state index in [1.165, 1.54) is 77.3 Å². The highest BCUT2D eigenvalue weighted by Crippen LogP contribution is 2.10. The Kier molecular flexibility index (Phi) is 15.9. The number of nitrogens with zero attached hydrogens (tertiary/aromatic N) is 1. The van der Waals surface area contributed by atoms with Crippen molar-refractivity contribution in [2.45, 2.75) is 78.1 Å². The monoisotopic (exact) mass is 270 g/mol. The Morgan fingerprint density at radius 1 is 0.684 bits per heavy atom. The van der Waals surface area contributed by atoms with E-state index in [9.17, 15) is 0 Å². The van der Waals surface area contributed by atoms with Crippen LogP contribution in [0.3, 0.4) is 0 Å². The molecule has 0 aromatic carbocycles. The average Bonchev–Trinajstić information content (AvgIpc) is 2.43. The molecule has 2 nitrogen and oxygen atoms in total. The van der Waals surface area contributed by atoms with E-state index in [2.05, 4.69) is 31.1 Å². The molecule has 0 aliphatic rings. The van der Waals surface area contributed by atoms with Crippen molar-refractivity contribution in [3.05, 3.63) is 0 Å². The number of rotatable bonds is 15. The molecule has 0 saturated carbocycles. The van der Waals surface area contributed by atoms with Crippen LogP contribution < -0.4 is 5.32 Å². The van der Waals surface area contributed by atoms with Crippen molar-refractivity contribution in [2.24, 2.45) is 0 Å². The molecule has 0 bridgehead atoms. The number of nitrogens with one attached hydrogen (secondary N) is 1. The minimum absolute atomic E-state index is 1.14. The third-order valence-electron chi connectivity index (χ3n) is 3.92. The van der Waals surface area contributed by atoms with Gasteiger partial charge in [-0.1, -0.05) is 71.6 Å². The van der Waals surface area contributed by atoms with E-state index in [1.54, 1.807) is 0 Å². The second kappa shape index (κ2) is 16.0. The van der Waals surface area contributed by atoms with Crippen molar-refractivity contribution in [3.8, 4) is 0 Å². The summed E-state index contributed by atoms with van der Waals surface area (Å²) in [7, 11) is 2.18.